The van der Waals surface area contributed by atoms with Gasteiger partial charge in [-0.3, -0.25) is 19.3 Å². The predicted molar refractivity (Wildman–Crippen MR) is 97.3 cm³/mol. The number of hydrogen-bond donors (Lipinski definition) is 3. The molecule has 2 amide bonds. The van der Waals surface area contributed by atoms with Gasteiger partial charge in [-0.15, -0.1) is 0 Å². The van der Waals surface area contributed by atoms with E-state index < -0.39 is 16.1 Å². The molecule has 8 nitrogen and oxygen atoms in total. The Morgan fingerprint density at radius 1 is 1.12 bits per heavy atom. The number of anilines is 1. The van der Waals surface area contributed by atoms with Crippen LogP contribution in [0.2, 0.25) is 0 Å². The molecule has 9 heteroatoms. The average molecular weight is 378 g/mol. The summed E-state index contributed by atoms with van der Waals surface area (Å²) in [6, 6.07) is 5.38. The lowest BCUT2D eigenvalue weighted by atomic mass is 10.2. The van der Waals surface area contributed by atoms with Gasteiger partial charge in [-0.1, -0.05) is 6.42 Å². The Bertz CT molecular complexity index is 818. The molecule has 140 valence electrons. The van der Waals surface area contributed by atoms with E-state index in [4.69, 9.17) is 0 Å². The van der Waals surface area contributed by atoms with Crippen molar-refractivity contribution in [2.75, 3.05) is 11.9 Å². The summed E-state index contributed by atoms with van der Waals surface area (Å²) in [4.78, 5) is 27.6. The lowest BCUT2D eigenvalue weighted by Crippen LogP contribution is -2.37. The maximum atomic E-state index is 12.5. The van der Waals surface area contributed by atoms with Gasteiger partial charge in [0.1, 0.15) is 11.9 Å². The molecule has 0 saturated carbocycles. The first-order chi connectivity index (χ1) is 12.4. The van der Waals surface area contributed by atoms with Crippen LogP contribution in [-0.2, 0) is 19.6 Å². The standard InChI is InChI=1S/C17H22N4O4S/c22-16-10-9-14(20-16)17(23)19-12-5-7-13(8-6-12)26(24,25)21-15-4-2-1-3-11-18-15/h5-8,14H,1-4,9-11H2,(H,18,21)(H,19,23)(H,20,22)/t14-/m0/s1. The third-order valence-corrected chi connectivity index (χ3v) is 5.77. The quantitative estimate of drug-likeness (QED) is 0.729. The van der Waals surface area contributed by atoms with Gasteiger partial charge in [0.05, 0.1) is 4.90 Å². The zero-order valence-corrected chi connectivity index (χ0v) is 15.1. The number of nitrogens with one attached hydrogen (secondary N) is 3. The molecule has 0 radical (unpaired) electrons. The minimum Gasteiger partial charge on any atom is -0.344 e. The number of benzene rings is 1. The number of carbonyl (C=O) groups excluding carboxylic acids is 2. The van der Waals surface area contributed by atoms with Crippen molar-refractivity contribution in [3.63, 3.8) is 0 Å². The highest BCUT2D eigenvalue weighted by atomic mass is 32.2. The van der Waals surface area contributed by atoms with E-state index >= 15 is 0 Å². The van der Waals surface area contributed by atoms with Crippen LogP contribution < -0.4 is 15.4 Å². The van der Waals surface area contributed by atoms with Gasteiger partial charge in [-0.05, 0) is 43.5 Å². The third-order valence-electron chi connectivity index (χ3n) is 4.37. The summed E-state index contributed by atoms with van der Waals surface area (Å²) >= 11 is 0. The largest absolute Gasteiger partial charge is 0.344 e. The molecule has 1 aromatic carbocycles. The average Bonchev–Trinajstić information content (AvgIpc) is 2.88. The van der Waals surface area contributed by atoms with Crippen molar-refractivity contribution in [3.8, 4) is 0 Å². The maximum Gasteiger partial charge on any atom is 0.262 e. The van der Waals surface area contributed by atoms with Crippen molar-refractivity contribution >= 4 is 33.4 Å². The van der Waals surface area contributed by atoms with Crippen molar-refractivity contribution in [2.45, 2.75) is 49.5 Å². The lowest BCUT2D eigenvalue weighted by Gasteiger charge is -2.12. The Balaban J connectivity index is 1.63. The highest BCUT2D eigenvalue weighted by Crippen LogP contribution is 2.16. The first-order valence-corrected chi connectivity index (χ1v) is 10.2. The number of amides is 2. The van der Waals surface area contributed by atoms with E-state index in [0.29, 0.717) is 37.3 Å². The fraction of sp³-hybridized carbons (Fsp3) is 0.471. The topological polar surface area (TPSA) is 117 Å². The summed E-state index contributed by atoms with van der Waals surface area (Å²) in [6.07, 6.45) is 4.37. The monoisotopic (exact) mass is 378 g/mol. The molecule has 0 aromatic heterocycles. The molecule has 0 aliphatic carbocycles. The van der Waals surface area contributed by atoms with E-state index in [-0.39, 0.29) is 16.7 Å². The zero-order valence-electron chi connectivity index (χ0n) is 14.3. The Kier molecular flexibility index (Phi) is 5.55. The van der Waals surface area contributed by atoms with Gasteiger partial charge >= 0.3 is 0 Å². The van der Waals surface area contributed by atoms with E-state index in [1.807, 2.05) is 0 Å². The molecule has 0 unspecified atom stereocenters. The zero-order chi connectivity index (χ0) is 18.6. The second-order valence-electron chi connectivity index (χ2n) is 6.42. The van der Waals surface area contributed by atoms with Gasteiger partial charge in [0.2, 0.25) is 11.8 Å². The van der Waals surface area contributed by atoms with Crippen LogP contribution in [0.25, 0.3) is 0 Å². The highest BCUT2D eigenvalue weighted by molar-refractivity contribution is 7.90. The SMILES string of the molecule is O=C1CC[C@@H](C(=O)Nc2ccc(S(=O)(=O)NC3=NCCCCC3)cc2)N1. The minimum atomic E-state index is -3.69. The lowest BCUT2D eigenvalue weighted by molar-refractivity contribution is -0.122. The van der Waals surface area contributed by atoms with E-state index in [1.165, 1.54) is 24.3 Å². The summed E-state index contributed by atoms with van der Waals surface area (Å²) < 4.78 is 27.5. The van der Waals surface area contributed by atoms with Crippen molar-refractivity contribution in [1.29, 1.82) is 0 Å². The number of aliphatic imine (C=N–C) groups is 1. The third kappa shape index (κ3) is 4.60. The summed E-state index contributed by atoms with van der Waals surface area (Å²) in [6.45, 7) is 0.639. The molecular formula is C17H22N4O4S. The Morgan fingerprint density at radius 2 is 1.88 bits per heavy atom. The summed E-state index contributed by atoms with van der Waals surface area (Å²) in [7, 11) is -3.69. The van der Waals surface area contributed by atoms with Crippen molar-refractivity contribution < 1.29 is 18.0 Å². The van der Waals surface area contributed by atoms with Gasteiger partial charge in [0.15, 0.2) is 0 Å². The number of rotatable bonds is 4. The fourth-order valence-electron chi connectivity index (χ4n) is 2.93. The molecule has 1 fully saturated rings. The summed E-state index contributed by atoms with van der Waals surface area (Å²) in [5, 5.41) is 5.27. The van der Waals surface area contributed by atoms with Crippen molar-refractivity contribution in [3.05, 3.63) is 24.3 Å². The number of hydrogen-bond acceptors (Lipinski definition) is 5. The van der Waals surface area contributed by atoms with Crippen molar-refractivity contribution in [1.82, 2.24) is 10.0 Å². The smallest absolute Gasteiger partial charge is 0.262 e. The highest BCUT2D eigenvalue weighted by Gasteiger charge is 2.27. The second kappa shape index (κ2) is 7.86. The molecular weight excluding hydrogens is 356 g/mol. The molecule has 2 heterocycles. The van der Waals surface area contributed by atoms with Crippen LogP contribution in [0.3, 0.4) is 0 Å². The minimum absolute atomic E-state index is 0.108. The van der Waals surface area contributed by atoms with Crippen LogP contribution in [0.5, 0.6) is 0 Å². The summed E-state index contributed by atoms with van der Waals surface area (Å²) in [5.74, 6) is 0.0494. The first kappa shape index (κ1) is 18.4. The molecule has 3 rings (SSSR count). The molecule has 0 bridgehead atoms. The second-order valence-corrected chi connectivity index (χ2v) is 8.10. The van der Waals surface area contributed by atoms with Crippen LogP contribution in [-0.4, -0.2) is 38.7 Å². The predicted octanol–water partition coefficient (Wildman–Crippen LogP) is 1.15. The molecule has 0 spiro atoms. The van der Waals surface area contributed by atoms with Crippen LogP contribution >= 0.6 is 0 Å². The molecule has 26 heavy (non-hydrogen) atoms. The van der Waals surface area contributed by atoms with Crippen LogP contribution in [0.15, 0.2) is 34.2 Å². The number of amidine groups is 1. The fourth-order valence-corrected chi connectivity index (χ4v) is 4.02. The normalized spacial score (nSPS) is 20.7. The Hall–Kier alpha value is -2.42. The van der Waals surface area contributed by atoms with Gasteiger partial charge in [0, 0.05) is 25.1 Å². The molecule has 1 atom stereocenters. The van der Waals surface area contributed by atoms with Crippen LogP contribution in [0, 0.1) is 0 Å². The Morgan fingerprint density at radius 3 is 2.58 bits per heavy atom. The van der Waals surface area contributed by atoms with E-state index in [0.717, 1.165) is 19.3 Å². The molecule has 1 saturated heterocycles. The molecule has 2 aliphatic rings. The number of nitrogens with zero attached hydrogens (tertiary/aromatic N) is 1. The Labute approximate surface area is 152 Å². The molecule has 1 aromatic rings. The van der Waals surface area contributed by atoms with Crippen LogP contribution in [0.4, 0.5) is 5.69 Å². The van der Waals surface area contributed by atoms with E-state index in [1.54, 1.807) is 0 Å². The van der Waals surface area contributed by atoms with Crippen LogP contribution in [0.1, 0.15) is 38.5 Å². The van der Waals surface area contributed by atoms with E-state index in [2.05, 4.69) is 20.3 Å². The van der Waals surface area contributed by atoms with Crippen molar-refractivity contribution in [2.24, 2.45) is 4.99 Å². The number of carbonyl (C=O) groups is 2. The van der Waals surface area contributed by atoms with Gasteiger partial charge in [-0.2, -0.15) is 0 Å². The maximum absolute atomic E-state index is 12.5. The van der Waals surface area contributed by atoms with Gasteiger partial charge in [0.25, 0.3) is 10.0 Å². The van der Waals surface area contributed by atoms with Gasteiger partial charge < -0.3 is 10.6 Å². The molecule has 2 aliphatic heterocycles. The van der Waals surface area contributed by atoms with Gasteiger partial charge in [-0.25, -0.2) is 8.42 Å². The summed E-state index contributed by atoms with van der Waals surface area (Å²) in [5.41, 5.74) is 0.474. The van der Waals surface area contributed by atoms with E-state index in [9.17, 15) is 18.0 Å². The molecule has 3 N–H and O–H groups in total. The first-order valence-electron chi connectivity index (χ1n) is 8.70. The number of sulfonamides is 1.